The molecule has 1 aromatic heterocycles. The highest BCUT2D eigenvalue weighted by molar-refractivity contribution is 7.08. The molecule has 0 atom stereocenters. The van der Waals surface area contributed by atoms with Gasteiger partial charge in [0.1, 0.15) is 5.60 Å². The molecule has 0 aliphatic rings. The van der Waals surface area contributed by atoms with E-state index in [0.29, 0.717) is 9.90 Å². The monoisotopic (exact) mass is 219 g/mol. The molecule has 0 bridgehead atoms. The van der Waals surface area contributed by atoms with Crippen molar-refractivity contribution in [3.05, 3.63) is 16.1 Å². The van der Waals surface area contributed by atoms with E-state index in [2.05, 4.69) is 4.37 Å². The third kappa shape index (κ3) is 2.97. The number of carbonyl (C=O) groups is 1. The lowest BCUT2D eigenvalue weighted by atomic mass is 10.2. The van der Waals surface area contributed by atoms with E-state index in [0.717, 1.165) is 11.5 Å². The maximum absolute atomic E-state index is 11.4. The molecule has 0 amide bonds. The highest BCUT2D eigenvalue weighted by atomic mass is 35.5. The predicted octanol–water partition coefficient (Wildman–Crippen LogP) is 2.75. The summed E-state index contributed by atoms with van der Waals surface area (Å²) in [5.74, 6) is -0.417. The fourth-order valence-electron chi connectivity index (χ4n) is 0.687. The molecular weight excluding hydrogens is 210 g/mol. The number of esters is 1. The second kappa shape index (κ2) is 3.64. The summed E-state index contributed by atoms with van der Waals surface area (Å²) in [6, 6.07) is 0. The summed E-state index contributed by atoms with van der Waals surface area (Å²) in [4.78, 5) is 11.8. The number of rotatable bonds is 1. The number of ether oxygens (including phenoxy) is 1. The van der Waals surface area contributed by atoms with Gasteiger partial charge in [-0.25, -0.2) is 4.79 Å². The molecule has 3 nitrogen and oxygen atoms in total. The molecule has 0 aliphatic carbocycles. The Morgan fingerprint density at radius 2 is 2.23 bits per heavy atom. The van der Waals surface area contributed by atoms with Gasteiger partial charge in [-0.05, 0) is 32.3 Å². The van der Waals surface area contributed by atoms with Gasteiger partial charge in [0, 0.05) is 0 Å². The van der Waals surface area contributed by atoms with Gasteiger partial charge in [-0.1, -0.05) is 11.6 Å². The summed E-state index contributed by atoms with van der Waals surface area (Å²) in [6.07, 6.45) is 1.44. The van der Waals surface area contributed by atoms with Crippen molar-refractivity contribution in [1.29, 1.82) is 0 Å². The molecule has 13 heavy (non-hydrogen) atoms. The second-order valence-electron chi connectivity index (χ2n) is 3.50. The van der Waals surface area contributed by atoms with Crippen LogP contribution in [0.25, 0.3) is 0 Å². The Kier molecular flexibility index (Phi) is 2.93. The maximum atomic E-state index is 11.4. The molecule has 1 heterocycles. The molecule has 0 spiro atoms. The van der Waals surface area contributed by atoms with Crippen molar-refractivity contribution in [3.8, 4) is 0 Å². The quantitative estimate of drug-likeness (QED) is 0.682. The minimum Gasteiger partial charge on any atom is -0.456 e. The third-order valence-electron chi connectivity index (χ3n) is 1.11. The zero-order valence-electron chi connectivity index (χ0n) is 7.63. The van der Waals surface area contributed by atoms with Gasteiger partial charge in [0.05, 0.1) is 11.2 Å². The molecule has 0 unspecified atom stereocenters. The fourth-order valence-corrected chi connectivity index (χ4v) is 1.49. The number of nitrogens with zero attached hydrogens (tertiary/aromatic N) is 1. The summed E-state index contributed by atoms with van der Waals surface area (Å²) < 4.78 is 8.89. The first-order chi connectivity index (χ1) is 5.90. The van der Waals surface area contributed by atoms with E-state index in [9.17, 15) is 4.79 Å². The van der Waals surface area contributed by atoms with Crippen LogP contribution in [0.5, 0.6) is 0 Å². The Hall–Kier alpha value is -0.610. The summed E-state index contributed by atoms with van der Waals surface area (Å²) in [5.41, 5.74) is -0.496. The molecular formula is C8H10ClNO2S. The van der Waals surface area contributed by atoms with Crippen LogP contribution in [-0.4, -0.2) is 15.9 Å². The lowest BCUT2D eigenvalue weighted by molar-refractivity contribution is 0.00755. The van der Waals surface area contributed by atoms with Crippen LogP contribution in [-0.2, 0) is 4.74 Å². The van der Waals surface area contributed by atoms with E-state index in [1.165, 1.54) is 6.20 Å². The largest absolute Gasteiger partial charge is 0.456 e. The average Bonchev–Trinajstić information content (AvgIpc) is 2.30. The highest BCUT2D eigenvalue weighted by Gasteiger charge is 2.21. The van der Waals surface area contributed by atoms with Crippen LogP contribution in [0.1, 0.15) is 30.4 Å². The van der Waals surface area contributed by atoms with E-state index in [1.54, 1.807) is 20.8 Å². The third-order valence-corrected chi connectivity index (χ3v) is 2.29. The lowest BCUT2D eigenvalue weighted by Gasteiger charge is -2.18. The first-order valence-electron chi connectivity index (χ1n) is 3.73. The van der Waals surface area contributed by atoms with Gasteiger partial charge in [-0.2, -0.15) is 4.37 Å². The first-order valence-corrected chi connectivity index (χ1v) is 4.89. The molecule has 0 N–H and O–H groups in total. The molecule has 1 aromatic rings. The van der Waals surface area contributed by atoms with Crippen molar-refractivity contribution in [1.82, 2.24) is 4.37 Å². The van der Waals surface area contributed by atoms with Crippen LogP contribution in [0.2, 0.25) is 5.02 Å². The Morgan fingerprint density at radius 1 is 1.62 bits per heavy atom. The van der Waals surface area contributed by atoms with Crippen molar-refractivity contribution >= 4 is 29.1 Å². The van der Waals surface area contributed by atoms with Crippen molar-refractivity contribution in [2.24, 2.45) is 0 Å². The normalized spacial score (nSPS) is 11.4. The van der Waals surface area contributed by atoms with E-state index >= 15 is 0 Å². The summed E-state index contributed by atoms with van der Waals surface area (Å²) in [7, 11) is 0. The van der Waals surface area contributed by atoms with Gasteiger partial charge >= 0.3 is 5.97 Å². The highest BCUT2D eigenvalue weighted by Crippen LogP contribution is 2.22. The van der Waals surface area contributed by atoms with E-state index < -0.39 is 11.6 Å². The van der Waals surface area contributed by atoms with E-state index in [-0.39, 0.29) is 0 Å². The molecule has 72 valence electrons. The van der Waals surface area contributed by atoms with Gasteiger partial charge in [-0.3, -0.25) is 0 Å². The SMILES string of the molecule is CC(C)(C)OC(=O)c1sncc1Cl. The van der Waals surface area contributed by atoms with Crippen LogP contribution in [0, 0.1) is 0 Å². The van der Waals surface area contributed by atoms with Crippen LogP contribution in [0.4, 0.5) is 0 Å². The average molecular weight is 220 g/mol. The summed E-state index contributed by atoms with van der Waals surface area (Å²) >= 11 is 6.75. The van der Waals surface area contributed by atoms with Gasteiger partial charge in [-0.15, -0.1) is 0 Å². The Labute approximate surface area is 85.8 Å². The molecule has 0 saturated carbocycles. The zero-order valence-corrected chi connectivity index (χ0v) is 9.20. The molecule has 0 saturated heterocycles. The van der Waals surface area contributed by atoms with Gasteiger partial charge in [0.2, 0.25) is 0 Å². The molecule has 0 fully saturated rings. The van der Waals surface area contributed by atoms with E-state index in [4.69, 9.17) is 16.3 Å². The van der Waals surface area contributed by atoms with Crippen molar-refractivity contribution < 1.29 is 9.53 Å². The smallest absolute Gasteiger partial charge is 0.352 e. The van der Waals surface area contributed by atoms with E-state index in [1.807, 2.05) is 0 Å². The minimum absolute atomic E-state index is 0.347. The molecule has 1 rings (SSSR count). The van der Waals surface area contributed by atoms with Gasteiger partial charge in [0.25, 0.3) is 0 Å². The molecule has 5 heteroatoms. The summed E-state index contributed by atoms with van der Waals surface area (Å²) in [6.45, 7) is 5.42. The predicted molar refractivity (Wildman–Crippen MR) is 52.3 cm³/mol. The minimum atomic E-state index is -0.496. The standard InChI is InChI=1S/C8H10ClNO2S/c1-8(2,3)12-7(11)6-5(9)4-10-13-6/h4H,1-3H3. The molecule has 0 radical (unpaired) electrons. The number of hydrogen-bond donors (Lipinski definition) is 0. The van der Waals surface area contributed by atoms with Crippen LogP contribution >= 0.6 is 23.1 Å². The summed E-state index contributed by atoms with van der Waals surface area (Å²) in [5, 5.41) is 0.347. The fraction of sp³-hybridized carbons (Fsp3) is 0.500. The van der Waals surface area contributed by atoms with Gasteiger partial charge < -0.3 is 4.74 Å². The van der Waals surface area contributed by atoms with Crippen LogP contribution < -0.4 is 0 Å². The number of hydrogen-bond acceptors (Lipinski definition) is 4. The number of halogens is 1. The molecule has 0 aliphatic heterocycles. The second-order valence-corrected chi connectivity index (χ2v) is 4.71. The number of carbonyl (C=O) groups excluding carboxylic acids is 1. The number of aromatic nitrogens is 1. The topological polar surface area (TPSA) is 39.2 Å². The zero-order chi connectivity index (χ0) is 10.1. The molecule has 0 aromatic carbocycles. The van der Waals surface area contributed by atoms with Crippen molar-refractivity contribution in [2.45, 2.75) is 26.4 Å². The van der Waals surface area contributed by atoms with Crippen LogP contribution in [0.15, 0.2) is 6.20 Å². The van der Waals surface area contributed by atoms with Crippen molar-refractivity contribution in [3.63, 3.8) is 0 Å². The van der Waals surface area contributed by atoms with Gasteiger partial charge in [0.15, 0.2) is 4.88 Å². The Bertz CT molecular complexity index is 316. The van der Waals surface area contributed by atoms with Crippen LogP contribution in [0.3, 0.4) is 0 Å². The lowest BCUT2D eigenvalue weighted by Crippen LogP contribution is -2.23. The Morgan fingerprint density at radius 3 is 2.62 bits per heavy atom. The Balaban J connectivity index is 2.76. The van der Waals surface area contributed by atoms with Crippen molar-refractivity contribution in [2.75, 3.05) is 0 Å². The first kappa shape index (κ1) is 10.5. The maximum Gasteiger partial charge on any atom is 0.352 e.